The van der Waals surface area contributed by atoms with Crippen LogP contribution in [0.4, 0.5) is 5.69 Å². The maximum atomic E-state index is 12.6. The molecule has 0 unspecified atom stereocenters. The molecule has 0 fully saturated rings. The van der Waals surface area contributed by atoms with Crippen LogP contribution in [0, 0.1) is 0 Å². The quantitative estimate of drug-likeness (QED) is 0.721. The van der Waals surface area contributed by atoms with E-state index in [0.717, 1.165) is 22.3 Å². The molecule has 0 aliphatic carbocycles. The molecule has 0 saturated heterocycles. The van der Waals surface area contributed by atoms with E-state index in [4.69, 9.17) is 9.47 Å². The third kappa shape index (κ3) is 3.18. The minimum Gasteiger partial charge on any atom is -0.486 e. The predicted octanol–water partition coefficient (Wildman–Crippen LogP) is 3.62. The molecule has 3 aromatic rings. The molecule has 144 valence electrons. The molecule has 2 N–H and O–H groups in total. The second-order valence-corrected chi connectivity index (χ2v) is 6.90. The lowest BCUT2D eigenvalue weighted by Gasteiger charge is -2.18. The van der Waals surface area contributed by atoms with Crippen molar-refractivity contribution in [2.24, 2.45) is 0 Å². The van der Waals surface area contributed by atoms with E-state index >= 15 is 0 Å². The topological polar surface area (TPSA) is 76.7 Å². The molecule has 0 atom stereocenters. The molecule has 6 heteroatoms. The Morgan fingerprint density at radius 2 is 1.66 bits per heavy atom. The van der Waals surface area contributed by atoms with Crippen molar-refractivity contribution in [1.82, 2.24) is 5.32 Å². The smallest absolute Gasteiger partial charge is 0.255 e. The summed E-state index contributed by atoms with van der Waals surface area (Å²) in [5.74, 6) is 0.983. The highest BCUT2D eigenvalue weighted by Crippen LogP contribution is 2.32. The van der Waals surface area contributed by atoms with Crippen LogP contribution < -0.4 is 20.1 Å². The maximum absolute atomic E-state index is 12.6. The standard InChI is InChI=1S/C23H18N2O4/c26-22(15-6-9-20-21(12-15)29-11-10-28-20)25-16-7-4-14(5-8-16)17-2-1-3-18-19(17)13-24-23(18)27/h1-9,12H,10-11,13H2,(H,24,27)(H,25,26). The van der Waals surface area contributed by atoms with Gasteiger partial charge in [0, 0.05) is 23.4 Å². The fourth-order valence-corrected chi connectivity index (χ4v) is 3.65. The van der Waals surface area contributed by atoms with E-state index in [-0.39, 0.29) is 11.8 Å². The van der Waals surface area contributed by atoms with Gasteiger partial charge in [-0.05, 0) is 53.1 Å². The van der Waals surface area contributed by atoms with Crippen LogP contribution in [0.2, 0.25) is 0 Å². The molecule has 0 aromatic heterocycles. The van der Waals surface area contributed by atoms with Crippen LogP contribution in [0.3, 0.4) is 0 Å². The second kappa shape index (κ2) is 6.98. The highest BCUT2D eigenvalue weighted by molar-refractivity contribution is 6.05. The molecule has 0 bridgehead atoms. The van der Waals surface area contributed by atoms with Crippen molar-refractivity contribution in [3.63, 3.8) is 0 Å². The van der Waals surface area contributed by atoms with Crippen LogP contribution in [0.5, 0.6) is 11.5 Å². The number of hydrogen-bond donors (Lipinski definition) is 2. The van der Waals surface area contributed by atoms with Crippen molar-refractivity contribution in [3.05, 3.63) is 77.4 Å². The lowest BCUT2D eigenvalue weighted by Crippen LogP contribution is -2.17. The number of nitrogens with one attached hydrogen (secondary N) is 2. The van der Waals surface area contributed by atoms with Gasteiger partial charge in [-0.25, -0.2) is 0 Å². The number of ether oxygens (including phenoxy) is 2. The van der Waals surface area contributed by atoms with Crippen molar-refractivity contribution in [2.75, 3.05) is 18.5 Å². The lowest BCUT2D eigenvalue weighted by molar-refractivity contribution is 0.0964. The Hall–Kier alpha value is -3.80. The first-order valence-electron chi connectivity index (χ1n) is 9.40. The Morgan fingerprint density at radius 3 is 2.48 bits per heavy atom. The van der Waals surface area contributed by atoms with Crippen LogP contribution in [0.25, 0.3) is 11.1 Å². The molecule has 2 aliphatic heterocycles. The summed E-state index contributed by atoms with van der Waals surface area (Å²) < 4.78 is 11.0. The van der Waals surface area contributed by atoms with Gasteiger partial charge in [-0.2, -0.15) is 0 Å². The van der Waals surface area contributed by atoms with Gasteiger partial charge in [-0.1, -0.05) is 24.3 Å². The fourth-order valence-electron chi connectivity index (χ4n) is 3.65. The van der Waals surface area contributed by atoms with Gasteiger partial charge in [0.1, 0.15) is 13.2 Å². The molecule has 2 amide bonds. The molecule has 0 radical (unpaired) electrons. The number of anilines is 1. The second-order valence-electron chi connectivity index (χ2n) is 6.90. The molecule has 2 aliphatic rings. The number of fused-ring (bicyclic) bond motifs is 2. The molecule has 3 aromatic carbocycles. The van der Waals surface area contributed by atoms with Gasteiger partial charge in [0.05, 0.1) is 0 Å². The number of benzene rings is 3. The van der Waals surface area contributed by atoms with Crippen LogP contribution in [0.1, 0.15) is 26.3 Å². The van der Waals surface area contributed by atoms with Crippen molar-refractivity contribution >= 4 is 17.5 Å². The number of carbonyl (C=O) groups is 2. The Morgan fingerprint density at radius 1 is 0.897 bits per heavy atom. The van der Waals surface area contributed by atoms with Gasteiger partial charge in [0.25, 0.3) is 11.8 Å². The first-order valence-corrected chi connectivity index (χ1v) is 9.40. The third-order valence-corrected chi connectivity index (χ3v) is 5.10. The molecule has 0 saturated carbocycles. The average molecular weight is 386 g/mol. The third-order valence-electron chi connectivity index (χ3n) is 5.10. The SMILES string of the molecule is O=C(Nc1ccc(-c2cccc3c2CNC3=O)cc1)c1ccc2c(c1)OCCO2. The minimum absolute atomic E-state index is 0.0369. The van der Waals surface area contributed by atoms with Gasteiger partial charge in [-0.3, -0.25) is 9.59 Å². The molecule has 5 rings (SSSR count). The van der Waals surface area contributed by atoms with Gasteiger partial charge >= 0.3 is 0 Å². The van der Waals surface area contributed by atoms with Crippen molar-refractivity contribution < 1.29 is 19.1 Å². The van der Waals surface area contributed by atoms with Crippen molar-refractivity contribution in [2.45, 2.75) is 6.54 Å². The van der Waals surface area contributed by atoms with E-state index in [1.165, 1.54) is 0 Å². The summed E-state index contributed by atoms with van der Waals surface area (Å²) in [4.78, 5) is 24.5. The van der Waals surface area contributed by atoms with E-state index < -0.39 is 0 Å². The normalized spacial score (nSPS) is 14.1. The summed E-state index contributed by atoms with van der Waals surface area (Å²) in [7, 11) is 0. The molecular formula is C23H18N2O4. The molecule has 29 heavy (non-hydrogen) atoms. The molecule has 6 nitrogen and oxygen atoms in total. The van der Waals surface area contributed by atoms with E-state index in [9.17, 15) is 9.59 Å². The summed E-state index contributed by atoms with van der Waals surface area (Å²) in [5, 5.41) is 5.76. The highest BCUT2D eigenvalue weighted by atomic mass is 16.6. The zero-order valence-electron chi connectivity index (χ0n) is 15.5. The zero-order chi connectivity index (χ0) is 19.8. The summed E-state index contributed by atoms with van der Waals surface area (Å²) >= 11 is 0. The van der Waals surface area contributed by atoms with E-state index in [0.29, 0.717) is 42.5 Å². The largest absolute Gasteiger partial charge is 0.486 e. The average Bonchev–Trinajstić information content (AvgIpc) is 3.15. The summed E-state index contributed by atoms with van der Waals surface area (Å²) in [5.41, 5.74) is 4.93. The Balaban J connectivity index is 1.35. The molecule has 0 spiro atoms. The minimum atomic E-state index is -0.217. The number of hydrogen-bond acceptors (Lipinski definition) is 4. The van der Waals surface area contributed by atoms with Crippen molar-refractivity contribution in [3.8, 4) is 22.6 Å². The van der Waals surface area contributed by atoms with Crippen LogP contribution >= 0.6 is 0 Å². The number of rotatable bonds is 3. The van der Waals surface area contributed by atoms with Gasteiger partial charge in [0.15, 0.2) is 11.5 Å². The zero-order valence-corrected chi connectivity index (χ0v) is 15.5. The number of amides is 2. The van der Waals surface area contributed by atoms with Gasteiger partial charge < -0.3 is 20.1 Å². The Labute approximate surface area is 167 Å². The van der Waals surface area contributed by atoms with E-state index in [1.807, 2.05) is 42.5 Å². The highest BCUT2D eigenvalue weighted by Gasteiger charge is 2.21. The molecule has 2 heterocycles. The first kappa shape index (κ1) is 17.3. The van der Waals surface area contributed by atoms with Crippen LogP contribution in [0.15, 0.2) is 60.7 Å². The Bertz CT molecular complexity index is 1120. The predicted molar refractivity (Wildman–Crippen MR) is 108 cm³/mol. The summed E-state index contributed by atoms with van der Waals surface area (Å²) in [6.07, 6.45) is 0. The van der Waals surface area contributed by atoms with E-state index in [2.05, 4.69) is 10.6 Å². The summed E-state index contributed by atoms with van der Waals surface area (Å²) in [6, 6.07) is 18.5. The van der Waals surface area contributed by atoms with Crippen LogP contribution in [-0.4, -0.2) is 25.0 Å². The first-order chi connectivity index (χ1) is 14.2. The Kier molecular flexibility index (Phi) is 4.17. The van der Waals surface area contributed by atoms with Gasteiger partial charge in [0.2, 0.25) is 0 Å². The molecular weight excluding hydrogens is 368 g/mol. The van der Waals surface area contributed by atoms with E-state index in [1.54, 1.807) is 18.2 Å². The van der Waals surface area contributed by atoms with Crippen molar-refractivity contribution in [1.29, 1.82) is 0 Å². The van der Waals surface area contributed by atoms with Gasteiger partial charge in [-0.15, -0.1) is 0 Å². The van der Waals surface area contributed by atoms with Crippen LogP contribution in [-0.2, 0) is 6.54 Å². The monoisotopic (exact) mass is 386 g/mol. The summed E-state index contributed by atoms with van der Waals surface area (Å²) in [6.45, 7) is 1.52. The fraction of sp³-hybridized carbons (Fsp3) is 0.130. The lowest BCUT2D eigenvalue weighted by atomic mass is 9.97. The number of carbonyl (C=O) groups excluding carboxylic acids is 2. The maximum Gasteiger partial charge on any atom is 0.255 e.